The summed E-state index contributed by atoms with van der Waals surface area (Å²) in [5.74, 6) is 0.468. The van der Waals surface area contributed by atoms with Crippen LogP contribution in [-0.4, -0.2) is 76.3 Å². The molecule has 0 atom stereocenters. The van der Waals surface area contributed by atoms with Gasteiger partial charge in [-0.3, -0.25) is 9.88 Å². The molecule has 6 heterocycles. The molecule has 0 amide bonds. The Hall–Kier alpha value is -3.15. The summed E-state index contributed by atoms with van der Waals surface area (Å²) in [4.78, 5) is 23.7. The third-order valence-corrected chi connectivity index (χ3v) is 8.91. The third-order valence-electron chi connectivity index (χ3n) is 8.02. The van der Waals surface area contributed by atoms with Crippen LogP contribution >= 0.6 is 11.3 Å². The molecule has 1 aromatic carbocycles. The number of nitrogens with one attached hydrogen (secondary N) is 1. The molecular formula is C26H29FN8OS. The molecule has 4 aromatic rings. The molecule has 3 saturated heterocycles. The normalized spacial score (nSPS) is 19.6. The Bertz CT molecular complexity index is 1480. The quantitative estimate of drug-likeness (QED) is 0.409. The minimum atomic E-state index is -0.326. The number of pyridine rings is 1. The number of rotatable bonds is 5. The second-order valence-corrected chi connectivity index (χ2v) is 11.2. The molecule has 7 rings (SSSR count). The Kier molecular flexibility index (Phi) is 5.60. The van der Waals surface area contributed by atoms with Crippen LogP contribution in [0.2, 0.25) is 0 Å². The molecule has 0 spiro atoms. The van der Waals surface area contributed by atoms with E-state index in [1.165, 1.54) is 18.9 Å². The minimum Gasteiger partial charge on any atom is -0.461 e. The number of nitrogen functional groups attached to an aromatic ring is 1. The molecule has 3 aromatic heterocycles. The van der Waals surface area contributed by atoms with Gasteiger partial charge in [-0.1, -0.05) is 11.3 Å². The number of hydrogen-bond acceptors (Lipinski definition) is 10. The number of piperazine rings is 1. The van der Waals surface area contributed by atoms with Crippen LogP contribution in [0.3, 0.4) is 0 Å². The van der Waals surface area contributed by atoms with E-state index in [0.29, 0.717) is 33.5 Å². The van der Waals surface area contributed by atoms with Gasteiger partial charge in [-0.15, -0.1) is 0 Å². The van der Waals surface area contributed by atoms with E-state index >= 15 is 0 Å². The standard InChI is InChI=1S/C26H29FN8OS/c27-18-4-3-17(20-22(18)37-24(28)32-20)16-13-19-21(30-14-16)23(34-11-7-29-8-12-34)33-25(31-19)36-15-26-5-1-9-35(26)10-2-6-26/h3-4,13-14,29H,1-2,5-12,15H2,(H2,28,32). The van der Waals surface area contributed by atoms with E-state index in [1.807, 2.05) is 6.07 Å². The Balaban J connectivity index is 1.30. The lowest BCUT2D eigenvalue weighted by molar-refractivity contribution is 0.108. The van der Waals surface area contributed by atoms with Gasteiger partial charge >= 0.3 is 6.01 Å². The first kappa shape index (κ1) is 23.0. The molecule has 11 heteroatoms. The molecule has 3 fully saturated rings. The summed E-state index contributed by atoms with van der Waals surface area (Å²) in [5, 5.41) is 3.73. The van der Waals surface area contributed by atoms with Crippen molar-refractivity contribution in [2.24, 2.45) is 0 Å². The maximum absolute atomic E-state index is 14.4. The van der Waals surface area contributed by atoms with E-state index in [-0.39, 0.29) is 11.4 Å². The first-order chi connectivity index (χ1) is 18.1. The number of anilines is 2. The zero-order valence-electron chi connectivity index (χ0n) is 20.5. The first-order valence-electron chi connectivity index (χ1n) is 13.0. The summed E-state index contributed by atoms with van der Waals surface area (Å²) in [6.07, 6.45) is 6.54. The van der Waals surface area contributed by atoms with E-state index < -0.39 is 0 Å². The topological polar surface area (TPSA) is 105 Å². The van der Waals surface area contributed by atoms with E-state index in [9.17, 15) is 4.39 Å². The number of nitrogens with two attached hydrogens (primary N) is 1. The van der Waals surface area contributed by atoms with Gasteiger partial charge in [0.2, 0.25) is 0 Å². The van der Waals surface area contributed by atoms with E-state index in [0.717, 1.165) is 85.9 Å². The van der Waals surface area contributed by atoms with E-state index in [1.54, 1.807) is 12.3 Å². The van der Waals surface area contributed by atoms with Crippen LogP contribution in [0.1, 0.15) is 25.7 Å². The maximum atomic E-state index is 14.4. The SMILES string of the molecule is Nc1nc2c(-c3cnc4c(N5CCNCC5)nc(OCC56CCCN5CCC6)nc4c3)ccc(F)c2s1. The summed E-state index contributed by atoms with van der Waals surface area (Å²) in [6, 6.07) is 5.54. The van der Waals surface area contributed by atoms with Gasteiger partial charge in [-0.25, -0.2) is 9.37 Å². The van der Waals surface area contributed by atoms with E-state index in [2.05, 4.69) is 20.1 Å². The summed E-state index contributed by atoms with van der Waals surface area (Å²) >= 11 is 1.15. The fourth-order valence-electron chi connectivity index (χ4n) is 6.18. The van der Waals surface area contributed by atoms with Crippen molar-refractivity contribution >= 4 is 43.5 Å². The molecule has 3 N–H and O–H groups in total. The third kappa shape index (κ3) is 3.96. The Labute approximate surface area is 217 Å². The molecule has 3 aliphatic heterocycles. The lowest BCUT2D eigenvalue weighted by Gasteiger charge is -2.32. The van der Waals surface area contributed by atoms with Crippen LogP contribution in [0.5, 0.6) is 6.01 Å². The molecule has 0 aliphatic carbocycles. The van der Waals surface area contributed by atoms with Crippen molar-refractivity contribution in [2.75, 3.05) is 56.5 Å². The van der Waals surface area contributed by atoms with Gasteiger partial charge < -0.3 is 20.7 Å². The molecule has 3 aliphatic rings. The van der Waals surface area contributed by atoms with Crippen LogP contribution in [-0.2, 0) is 0 Å². The summed E-state index contributed by atoms with van der Waals surface area (Å²) in [6.45, 7) is 6.34. The Morgan fingerprint density at radius 2 is 1.86 bits per heavy atom. The predicted octanol–water partition coefficient (Wildman–Crippen LogP) is 3.44. The van der Waals surface area contributed by atoms with Gasteiger partial charge in [0.1, 0.15) is 17.9 Å². The number of aromatic nitrogens is 4. The predicted molar refractivity (Wildman–Crippen MR) is 144 cm³/mol. The van der Waals surface area contributed by atoms with Crippen LogP contribution in [0.4, 0.5) is 15.3 Å². The lowest BCUT2D eigenvalue weighted by Crippen LogP contribution is -2.44. The molecule has 0 saturated carbocycles. The summed E-state index contributed by atoms with van der Waals surface area (Å²) in [5.41, 5.74) is 9.57. The Morgan fingerprint density at radius 3 is 2.68 bits per heavy atom. The largest absolute Gasteiger partial charge is 0.461 e. The number of benzene rings is 1. The fourth-order valence-corrected chi connectivity index (χ4v) is 6.94. The molecule has 192 valence electrons. The monoisotopic (exact) mass is 520 g/mol. The Morgan fingerprint density at radius 1 is 1.05 bits per heavy atom. The number of thiazole rings is 1. The minimum absolute atomic E-state index is 0.109. The van der Waals surface area contributed by atoms with Crippen molar-refractivity contribution in [1.29, 1.82) is 0 Å². The second kappa shape index (κ2) is 9.00. The highest BCUT2D eigenvalue weighted by molar-refractivity contribution is 7.22. The average Bonchev–Trinajstić information content (AvgIpc) is 3.61. The molecule has 0 bridgehead atoms. The second-order valence-electron chi connectivity index (χ2n) is 10.2. The van der Waals surface area contributed by atoms with Crippen molar-refractivity contribution in [1.82, 2.24) is 30.2 Å². The van der Waals surface area contributed by atoms with Gasteiger partial charge in [0.05, 0.1) is 21.3 Å². The molecule has 9 nitrogen and oxygen atoms in total. The highest BCUT2D eigenvalue weighted by Crippen LogP contribution is 2.40. The highest BCUT2D eigenvalue weighted by Gasteiger charge is 2.45. The summed E-state index contributed by atoms with van der Waals surface area (Å²) < 4.78 is 21.2. The van der Waals surface area contributed by atoms with Gasteiger partial charge in [0.25, 0.3) is 0 Å². The van der Waals surface area contributed by atoms with Crippen LogP contribution in [0.15, 0.2) is 24.4 Å². The zero-order chi connectivity index (χ0) is 25.0. The van der Waals surface area contributed by atoms with Crippen molar-refractivity contribution in [2.45, 2.75) is 31.2 Å². The van der Waals surface area contributed by atoms with Gasteiger partial charge in [-0.2, -0.15) is 9.97 Å². The molecular weight excluding hydrogens is 491 g/mol. The smallest absolute Gasteiger partial charge is 0.319 e. The zero-order valence-corrected chi connectivity index (χ0v) is 21.4. The van der Waals surface area contributed by atoms with Crippen molar-refractivity contribution in [3.63, 3.8) is 0 Å². The molecule has 0 unspecified atom stereocenters. The number of fused-ring (bicyclic) bond motifs is 3. The fraction of sp³-hybridized carbons (Fsp3) is 0.462. The highest BCUT2D eigenvalue weighted by atomic mass is 32.1. The van der Waals surface area contributed by atoms with Crippen LogP contribution in [0, 0.1) is 5.82 Å². The summed E-state index contributed by atoms with van der Waals surface area (Å²) in [7, 11) is 0. The number of ether oxygens (including phenoxy) is 1. The first-order valence-corrected chi connectivity index (χ1v) is 13.8. The van der Waals surface area contributed by atoms with Crippen molar-refractivity contribution < 1.29 is 9.13 Å². The number of halogens is 1. The average molecular weight is 521 g/mol. The van der Waals surface area contributed by atoms with Crippen LogP contribution < -0.4 is 20.7 Å². The van der Waals surface area contributed by atoms with Crippen LogP contribution in [0.25, 0.3) is 32.4 Å². The van der Waals surface area contributed by atoms with Gasteiger partial charge in [0, 0.05) is 43.5 Å². The number of hydrogen-bond donors (Lipinski definition) is 2. The number of nitrogens with zero attached hydrogens (tertiary/aromatic N) is 6. The molecule has 0 radical (unpaired) electrons. The lowest BCUT2D eigenvalue weighted by atomic mass is 9.95. The van der Waals surface area contributed by atoms with Crippen molar-refractivity contribution in [3.05, 3.63) is 30.2 Å². The van der Waals surface area contributed by atoms with Crippen molar-refractivity contribution in [3.8, 4) is 17.1 Å². The maximum Gasteiger partial charge on any atom is 0.319 e. The van der Waals surface area contributed by atoms with Gasteiger partial charge in [0.15, 0.2) is 10.9 Å². The van der Waals surface area contributed by atoms with E-state index in [4.69, 9.17) is 25.4 Å². The van der Waals surface area contributed by atoms with Gasteiger partial charge in [-0.05, 0) is 57.0 Å². The molecule has 37 heavy (non-hydrogen) atoms.